The molecule has 0 saturated carbocycles. The van der Waals surface area contributed by atoms with Crippen LogP contribution in [0.1, 0.15) is 12.0 Å². The van der Waals surface area contributed by atoms with Crippen LogP contribution >= 0.6 is 24.2 Å². The number of hydrogen-bond acceptors (Lipinski definition) is 3. The number of carbonyl (C=O) groups excluding carboxylic acids is 1. The van der Waals surface area contributed by atoms with E-state index in [4.69, 9.17) is 0 Å². The van der Waals surface area contributed by atoms with Gasteiger partial charge in [0.15, 0.2) is 0 Å². The quantitative estimate of drug-likeness (QED) is 0.924. The lowest BCUT2D eigenvalue weighted by molar-refractivity contribution is -0.130. The van der Waals surface area contributed by atoms with E-state index in [0.29, 0.717) is 13.0 Å². The molecule has 0 spiro atoms. The Morgan fingerprint density at radius 1 is 1.45 bits per heavy atom. The van der Waals surface area contributed by atoms with Gasteiger partial charge in [-0.3, -0.25) is 4.79 Å². The standard InChI is InChI=1S/C14H19FN2OS.ClH/c1-17(9-11-2-4-12(15)5-3-11)14(18)8-13-10-19-7-6-16-13;/h2-5,13,16H,6-10H2,1H3;1H. The lowest BCUT2D eigenvalue weighted by Crippen LogP contribution is -2.41. The average molecular weight is 319 g/mol. The molecule has 1 unspecified atom stereocenters. The molecule has 1 fully saturated rings. The number of nitrogens with one attached hydrogen (secondary N) is 1. The molecule has 1 aromatic carbocycles. The summed E-state index contributed by atoms with van der Waals surface area (Å²) in [6.07, 6.45) is 0.532. The van der Waals surface area contributed by atoms with Gasteiger partial charge in [0.1, 0.15) is 5.82 Å². The second-order valence-corrected chi connectivity index (χ2v) is 5.96. The maximum atomic E-state index is 12.8. The Labute approximate surface area is 129 Å². The van der Waals surface area contributed by atoms with Gasteiger partial charge in [-0.05, 0) is 17.7 Å². The molecule has 1 aromatic rings. The zero-order valence-electron chi connectivity index (χ0n) is 11.5. The summed E-state index contributed by atoms with van der Waals surface area (Å²) in [6, 6.07) is 6.56. The molecule has 1 atom stereocenters. The van der Waals surface area contributed by atoms with Crippen molar-refractivity contribution in [3.05, 3.63) is 35.6 Å². The number of benzene rings is 1. The molecular weight excluding hydrogens is 299 g/mol. The van der Waals surface area contributed by atoms with Crippen LogP contribution in [0.4, 0.5) is 4.39 Å². The van der Waals surface area contributed by atoms with Gasteiger partial charge in [-0.15, -0.1) is 12.4 Å². The van der Waals surface area contributed by atoms with E-state index in [-0.39, 0.29) is 30.2 Å². The van der Waals surface area contributed by atoms with Crippen LogP contribution in [-0.2, 0) is 11.3 Å². The van der Waals surface area contributed by atoms with Gasteiger partial charge >= 0.3 is 0 Å². The van der Waals surface area contributed by atoms with E-state index >= 15 is 0 Å². The van der Waals surface area contributed by atoms with Gasteiger partial charge in [-0.2, -0.15) is 11.8 Å². The summed E-state index contributed by atoms with van der Waals surface area (Å²) in [6.45, 7) is 1.50. The largest absolute Gasteiger partial charge is 0.341 e. The minimum atomic E-state index is -0.249. The molecule has 0 aromatic heterocycles. The Morgan fingerprint density at radius 2 is 2.15 bits per heavy atom. The van der Waals surface area contributed by atoms with Crippen molar-refractivity contribution in [2.24, 2.45) is 0 Å². The maximum Gasteiger partial charge on any atom is 0.224 e. The van der Waals surface area contributed by atoms with Crippen LogP contribution in [0.5, 0.6) is 0 Å². The first-order chi connectivity index (χ1) is 9.15. The van der Waals surface area contributed by atoms with Gasteiger partial charge in [-0.1, -0.05) is 12.1 Å². The van der Waals surface area contributed by atoms with Crippen molar-refractivity contribution in [2.45, 2.75) is 19.0 Å². The van der Waals surface area contributed by atoms with Crippen LogP contribution in [-0.4, -0.2) is 41.9 Å². The van der Waals surface area contributed by atoms with Gasteiger partial charge in [0, 0.05) is 44.1 Å². The van der Waals surface area contributed by atoms with Crippen LogP contribution in [0.3, 0.4) is 0 Å². The smallest absolute Gasteiger partial charge is 0.224 e. The van der Waals surface area contributed by atoms with Crippen LogP contribution < -0.4 is 5.32 Å². The SMILES string of the molecule is CN(Cc1ccc(F)cc1)C(=O)CC1CSCCN1.Cl. The molecule has 0 aliphatic carbocycles. The molecular formula is C14H20ClFN2OS. The summed E-state index contributed by atoms with van der Waals surface area (Å²) >= 11 is 1.89. The molecule has 1 aliphatic rings. The highest BCUT2D eigenvalue weighted by molar-refractivity contribution is 7.99. The lowest BCUT2D eigenvalue weighted by Gasteiger charge is -2.25. The van der Waals surface area contributed by atoms with E-state index in [0.717, 1.165) is 23.6 Å². The van der Waals surface area contributed by atoms with Crippen LogP contribution in [0.2, 0.25) is 0 Å². The van der Waals surface area contributed by atoms with Gasteiger partial charge in [-0.25, -0.2) is 4.39 Å². The third-order valence-electron chi connectivity index (χ3n) is 3.18. The molecule has 0 radical (unpaired) electrons. The minimum absolute atomic E-state index is 0. The summed E-state index contributed by atoms with van der Waals surface area (Å²) in [5.74, 6) is 2.00. The molecule has 1 amide bonds. The maximum absolute atomic E-state index is 12.8. The number of rotatable bonds is 4. The molecule has 1 N–H and O–H groups in total. The van der Waals surface area contributed by atoms with Gasteiger partial charge < -0.3 is 10.2 Å². The first-order valence-corrected chi connectivity index (χ1v) is 7.60. The van der Waals surface area contributed by atoms with E-state index in [1.807, 2.05) is 11.8 Å². The normalized spacial score (nSPS) is 18.2. The second-order valence-electron chi connectivity index (χ2n) is 4.81. The van der Waals surface area contributed by atoms with Crippen molar-refractivity contribution in [2.75, 3.05) is 25.1 Å². The summed E-state index contributed by atoms with van der Waals surface area (Å²) < 4.78 is 12.8. The number of nitrogens with zero attached hydrogens (tertiary/aromatic N) is 1. The van der Waals surface area contributed by atoms with Crippen molar-refractivity contribution in [3.8, 4) is 0 Å². The van der Waals surface area contributed by atoms with Crippen molar-refractivity contribution in [1.29, 1.82) is 0 Å². The first-order valence-electron chi connectivity index (χ1n) is 6.44. The predicted molar refractivity (Wildman–Crippen MR) is 83.9 cm³/mol. The average Bonchev–Trinajstić information content (AvgIpc) is 2.42. The minimum Gasteiger partial charge on any atom is -0.341 e. The zero-order valence-corrected chi connectivity index (χ0v) is 13.1. The third kappa shape index (κ3) is 5.31. The van der Waals surface area contributed by atoms with Crippen LogP contribution in [0, 0.1) is 5.82 Å². The molecule has 2 rings (SSSR count). The zero-order chi connectivity index (χ0) is 13.7. The van der Waals surface area contributed by atoms with Crippen LogP contribution in [0.25, 0.3) is 0 Å². The molecule has 1 heterocycles. The Hall–Kier alpha value is -0.780. The molecule has 1 saturated heterocycles. The Balaban J connectivity index is 0.00000200. The summed E-state index contributed by atoms with van der Waals surface area (Å²) in [7, 11) is 1.79. The molecule has 112 valence electrons. The Kier molecular flexibility index (Phi) is 7.34. The number of thioether (sulfide) groups is 1. The number of halogens is 2. The highest BCUT2D eigenvalue weighted by atomic mass is 35.5. The number of amides is 1. The summed E-state index contributed by atoms with van der Waals surface area (Å²) in [5, 5.41) is 3.36. The summed E-state index contributed by atoms with van der Waals surface area (Å²) in [5.41, 5.74) is 0.947. The van der Waals surface area contributed by atoms with E-state index in [1.165, 1.54) is 12.1 Å². The van der Waals surface area contributed by atoms with E-state index in [9.17, 15) is 9.18 Å². The highest BCUT2D eigenvalue weighted by Gasteiger charge is 2.19. The fourth-order valence-corrected chi connectivity index (χ4v) is 3.02. The van der Waals surface area contributed by atoms with E-state index < -0.39 is 0 Å². The molecule has 6 heteroatoms. The second kappa shape index (κ2) is 8.49. The Bertz CT molecular complexity index is 424. The third-order valence-corrected chi connectivity index (χ3v) is 4.31. The summed E-state index contributed by atoms with van der Waals surface area (Å²) in [4.78, 5) is 13.8. The first kappa shape index (κ1) is 17.3. The number of carbonyl (C=O) groups is 1. The molecule has 3 nitrogen and oxygen atoms in total. The highest BCUT2D eigenvalue weighted by Crippen LogP contribution is 2.12. The van der Waals surface area contributed by atoms with Crippen LogP contribution in [0.15, 0.2) is 24.3 Å². The van der Waals surface area contributed by atoms with Gasteiger partial charge in [0.2, 0.25) is 5.91 Å². The number of hydrogen-bond donors (Lipinski definition) is 1. The fourth-order valence-electron chi connectivity index (χ4n) is 2.07. The van der Waals surface area contributed by atoms with Gasteiger partial charge in [0.05, 0.1) is 0 Å². The van der Waals surface area contributed by atoms with Crippen molar-refractivity contribution in [1.82, 2.24) is 10.2 Å². The molecule has 1 aliphatic heterocycles. The molecule has 0 bridgehead atoms. The van der Waals surface area contributed by atoms with Crippen molar-refractivity contribution < 1.29 is 9.18 Å². The molecule has 20 heavy (non-hydrogen) atoms. The van der Waals surface area contributed by atoms with Gasteiger partial charge in [0.25, 0.3) is 0 Å². The van der Waals surface area contributed by atoms with Crippen molar-refractivity contribution >= 4 is 30.1 Å². The topological polar surface area (TPSA) is 32.3 Å². The Morgan fingerprint density at radius 3 is 2.75 bits per heavy atom. The van der Waals surface area contributed by atoms with E-state index in [1.54, 1.807) is 24.1 Å². The lowest BCUT2D eigenvalue weighted by atomic mass is 10.1. The monoisotopic (exact) mass is 318 g/mol. The predicted octanol–water partition coefficient (Wildman–Crippen LogP) is 2.30. The fraction of sp³-hybridized carbons (Fsp3) is 0.500. The van der Waals surface area contributed by atoms with Crippen molar-refractivity contribution in [3.63, 3.8) is 0 Å². The van der Waals surface area contributed by atoms with E-state index in [2.05, 4.69) is 5.32 Å².